The molecule has 6 heteroatoms. The molecule has 0 spiro atoms. The van der Waals surface area contributed by atoms with Crippen molar-refractivity contribution in [1.82, 2.24) is 0 Å². The Morgan fingerprint density at radius 2 is 1.87 bits per heavy atom. The average Bonchev–Trinajstić information content (AvgIpc) is 2.50. The number of aryl methyl sites for hydroxylation is 1. The lowest BCUT2D eigenvalue weighted by Gasteiger charge is -2.09. The molecule has 0 aromatic heterocycles. The molecule has 116 valence electrons. The van der Waals surface area contributed by atoms with E-state index in [2.05, 4.69) is 10.6 Å². The summed E-state index contributed by atoms with van der Waals surface area (Å²) in [4.78, 5) is 23.8. The zero-order chi connectivity index (χ0) is 16.8. The number of carbonyl (C=O) groups is 2. The normalized spacial score (nSPS) is 9.78. The van der Waals surface area contributed by atoms with Gasteiger partial charge in [0, 0.05) is 16.4 Å². The fourth-order valence-corrected chi connectivity index (χ4v) is 2.11. The summed E-state index contributed by atoms with van der Waals surface area (Å²) in [5, 5.41) is 14.6. The predicted octanol–water partition coefficient (Wildman–Crippen LogP) is 3.49. The molecule has 23 heavy (non-hydrogen) atoms. The Hall–Kier alpha value is -2.84. The second-order valence-corrected chi connectivity index (χ2v) is 5.36. The van der Waals surface area contributed by atoms with Crippen LogP contribution in [-0.2, 0) is 9.59 Å². The Bertz CT molecular complexity index is 797. The van der Waals surface area contributed by atoms with Crippen LogP contribution in [0.25, 0.3) is 0 Å². The van der Waals surface area contributed by atoms with Crippen molar-refractivity contribution in [1.29, 1.82) is 5.26 Å². The van der Waals surface area contributed by atoms with Crippen molar-refractivity contribution >= 4 is 34.8 Å². The van der Waals surface area contributed by atoms with Gasteiger partial charge in [-0.1, -0.05) is 23.7 Å². The molecular formula is C17H14ClN3O2. The second kappa shape index (κ2) is 7.43. The minimum absolute atomic E-state index is 0.331. The first-order chi connectivity index (χ1) is 11.0. The van der Waals surface area contributed by atoms with Gasteiger partial charge in [-0.15, -0.1) is 0 Å². The largest absolute Gasteiger partial charge is 0.326 e. The summed E-state index contributed by atoms with van der Waals surface area (Å²) < 4.78 is 0. The number of benzene rings is 2. The molecule has 2 rings (SSSR count). The Kier molecular flexibility index (Phi) is 5.34. The van der Waals surface area contributed by atoms with Crippen LogP contribution < -0.4 is 10.6 Å². The third-order valence-corrected chi connectivity index (χ3v) is 3.31. The smallest absolute Gasteiger partial charge is 0.233 e. The van der Waals surface area contributed by atoms with Gasteiger partial charge in [-0.2, -0.15) is 5.26 Å². The van der Waals surface area contributed by atoms with Crippen molar-refractivity contribution in [3.63, 3.8) is 0 Å². The molecule has 2 N–H and O–H groups in total. The molecule has 2 aromatic carbocycles. The fourth-order valence-electron chi connectivity index (χ4n) is 1.94. The molecule has 2 amide bonds. The number of hydrogen-bond acceptors (Lipinski definition) is 3. The number of nitriles is 1. The van der Waals surface area contributed by atoms with Crippen molar-refractivity contribution in [3.05, 3.63) is 58.6 Å². The topological polar surface area (TPSA) is 82.0 Å². The highest BCUT2D eigenvalue weighted by Gasteiger charge is 2.11. The molecule has 0 atom stereocenters. The van der Waals surface area contributed by atoms with Gasteiger partial charge >= 0.3 is 0 Å². The average molecular weight is 328 g/mol. The van der Waals surface area contributed by atoms with Gasteiger partial charge in [0.1, 0.15) is 6.42 Å². The van der Waals surface area contributed by atoms with Gasteiger partial charge in [0.15, 0.2) is 0 Å². The van der Waals surface area contributed by atoms with E-state index in [9.17, 15) is 9.59 Å². The molecule has 0 fully saturated rings. The Labute approximate surface area is 138 Å². The maximum absolute atomic E-state index is 11.9. The van der Waals surface area contributed by atoms with Crippen molar-refractivity contribution in [3.8, 4) is 6.07 Å². The van der Waals surface area contributed by atoms with Gasteiger partial charge in [-0.05, 0) is 42.8 Å². The van der Waals surface area contributed by atoms with E-state index < -0.39 is 11.8 Å². The zero-order valence-corrected chi connectivity index (χ0v) is 13.1. The lowest BCUT2D eigenvalue weighted by molar-refractivity contribution is -0.123. The number of rotatable bonds is 4. The second-order valence-electron chi connectivity index (χ2n) is 4.92. The number of nitrogens with one attached hydrogen (secondary N) is 2. The SMILES string of the molecule is Cc1ccc(Cl)cc1NC(=O)CC(=O)Nc1cccc(C#N)c1. The third-order valence-electron chi connectivity index (χ3n) is 3.07. The van der Waals surface area contributed by atoms with Crippen molar-refractivity contribution < 1.29 is 9.59 Å². The van der Waals surface area contributed by atoms with E-state index >= 15 is 0 Å². The van der Waals surface area contributed by atoms with Gasteiger partial charge in [0.25, 0.3) is 0 Å². The maximum Gasteiger partial charge on any atom is 0.233 e. The van der Waals surface area contributed by atoms with Crippen molar-refractivity contribution in [2.75, 3.05) is 10.6 Å². The molecule has 0 aliphatic carbocycles. The molecular weight excluding hydrogens is 314 g/mol. The highest BCUT2D eigenvalue weighted by atomic mass is 35.5. The minimum atomic E-state index is -0.461. The summed E-state index contributed by atoms with van der Waals surface area (Å²) in [5.74, 6) is -0.901. The molecule has 0 aliphatic rings. The van der Waals surface area contributed by atoms with E-state index in [1.807, 2.05) is 13.0 Å². The van der Waals surface area contributed by atoms with Crippen LogP contribution in [0.1, 0.15) is 17.5 Å². The van der Waals surface area contributed by atoms with Crippen LogP contribution in [-0.4, -0.2) is 11.8 Å². The van der Waals surface area contributed by atoms with Gasteiger partial charge in [0.2, 0.25) is 11.8 Å². The third kappa shape index (κ3) is 4.83. The molecule has 0 bridgehead atoms. The van der Waals surface area contributed by atoms with Crippen molar-refractivity contribution in [2.45, 2.75) is 13.3 Å². The number of hydrogen-bond donors (Lipinski definition) is 2. The van der Waals surface area contributed by atoms with Crippen LogP contribution in [0.5, 0.6) is 0 Å². The van der Waals surface area contributed by atoms with Crippen LogP contribution in [0.2, 0.25) is 5.02 Å². The molecule has 0 unspecified atom stereocenters. The predicted molar refractivity (Wildman–Crippen MR) is 89.2 cm³/mol. The summed E-state index contributed by atoms with van der Waals surface area (Å²) >= 11 is 5.88. The molecule has 0 saturated carbocycles. The number of amides is 2. The Morgan fingerprint density at radius 1 is 1.13 bits per heavy atom. The summed E-state index contributed by atoms with van der Waals surface area (Å²) in [5.41, 5.74) is 2.33. The van der Waals surface area contributed by atoms with E-state index in [-0.39, 0.29) is 6.42 Å². The quantitative estimate of drug-likeness (QED) is 0.843. The lowest BCUT2D eigenvalue weighted by atomic mass is 10.2. The highest BCUT2D eigenvalue weighted by molar-refractivity contribution is 6.31. The molecule has 0 heterocycles. The molecule has 5 nitrogen and oxygen atoms in total. The van der Waals surface area contributed by atoms with Crippen LogP contribution in [0.3, 0.4) is 0 Å². The maximum atomic E-state index is 11.9. The molecule has 0 aliphatic heterocycles. The van der Waals surface area contributed by atoms with Crippen LogP contribution in [0.4, 0.5) is 11.4 Å². The van der Waals surface area contributed by atoms with Gasteiger partial charge < -0.3 is 10.6 Å². The van der Waals surface area contributed by atoms with E-state index in [0.717, 1.165) is 5.56 Å². The molecule has 0 saturated heterocycles. The Balaban J connectivity index is 1.96. The number of carbonyl (C=O) groups excluding carboxylic acids is 2. The van der Waals surface area contributed by atoms with Crippen LogP contribution >= 0.6 is 11.6 Å². The van der Waals surface area contributed by atoms with Gasteiger partial charge in [0.05, 0.1) is 11.6 Å². The first-order valence-corrected chi connectivity index (χ1v) is 7.22. The summed E-state index contributed by atoms with van der Waals surface area (Å²) in [6.07, 6.45) is -0.331. The molecule has 0 radical (unpaired) electrons. The highest BCUT2D eigenvalue weighted by Crippen LogP contribution is 2.20. The fraction of sp³-hybridized carbons (Fsp3) is 0.118. The van der Waals surface area contributed by atoms with Crippen LogP contribution in [0.15, 0.2) is 42.5 Å². The monoisotopic (exact) mass is 327 g/mol. The van der Waals surface area contributed by atoms with E-state index in [4.69, 9.17) is 16.9 Å². The number of nitrogens with zero attached hydrogens (tertiary/aromatic N) is 1. The summed E-state index contributed by atoms with van der Waals surface area (Å²) in [7, 11) is 0. The van der Waals surface area contributed by atoms with E-state index in [1.165, 1.54) is 6.07 Å². The van der Waals surface area contributed by atoms with Gasteiger partial charge in [-0.3, -0.25) is 9.59 Å². The first-order valence-electron chi connectivity index (χ1n) is 6.84. The first kappa shape index (κ1) is 16.5. The minimum Gasteiger partial charge on any atom is -0.326 e. The Morgan fingerprint density at radius 3 is 2.61 bits per heavy atom. The van der Waals surface area contributed by atoms with Crippen molar-refractivity contribution in [2.24, 2.45) is 0 Å². The van der Waals surface area contributed by atoms with E-state index in [0.29, 0.717) is 22.0 Å². The van der Waals surface area contributed by atoms with Crippen LogP contribution in [0, 0.1) is 18.3 Å². The van der Waals surface area contributed by atoms with E-state index in [1.54, 1.807) is 36.4 Å². The lowest BCUT2D eigenvalue weighted by Crippen LogP contribution is -2.21. The zero-order valence-electron chi connectivity index (χ0n) is 12.4. The summed E-state index contributed by atoms with van der Waals surface area (Å²) in [6, 6.07) is 13.6. The standard InChI is InChI=1S/C17H14ClN3O2/c1-11-5-6-13(18)8-15(11)21-17(23)9-16(22)20-14-4-2-3-12(7-14)10-19/h2-8H,9H2,1H3,(H,20,22)(H,21,23). The van der Waals surface area contributed by atoms with Gasteiger partial charge in [-0.25, -0.2) is 0 Å². The number of halogens is 1. The summed E-state index contributed by atoms with van der Waals surface area (Å²) in [6.45, 7) is 1.83. The molecule has 2 aromatic rings. The number of anilines is 2.